The predicted octanol–water partition coefficient (Wildman–Crippen LogP) is -0.398. The summed E-state index contributed by atoms with van der Waals surface area (Å²) in [5.41, 5.74) is 1.29. The van der Waals surface area contributed by atoms with Gasteiger partial charge in [-0.2, -0.15) is 0 Å². The van der Waals surface area contributed by atoms with Gasteiger partial charge in [0.25, 0.3) is 5.69 Å². The quantitative estimate of drug-likeness (QED) is 0.695. The predicted molar refractivity (Wildman–Crippen MR) is 57.3 cm³/mol. The molecule has 15 heavy (non-hydrogen) atoms. The van der Waals surface area contributed by atoms with Gasteiger partial charge < -0.3 is 14.7 Å². The molecule has 0 saturated heterocycles. The molecule has 0 radical (unpaired) electrons. The van der Waals surface area contributed by atoms with Gasteiger partial charge in [-0.05, 0) is 6.07 Å². The lowest BCUT2D eigenvalue weighted by molar-refractivity contribution is -0.380. The van der Waals surface area contributed by atoms with Crippen LogP contribution in [0.5, 0.6) is 5.75 Å². The fourth-order valence-corrected chi connectivity index (χ4v) is 1.28. The van der Waals surface area contributed by atoms with Crippen molar-refractivity contribution in [2.24, 2.45) is 0 Å². The van der Waals surface area contributed by atoms with Gasteiger partial charge in [0, 0.05) is 41.5 Å². The zero-order valence-electron chi connectivity index (χ0n) is 8.86. The largest absolute Gasteiger partial charge is 0.490 e. The van der Waals surface area contributed by atoms with Crippen molar-refractivity contribution in [2.75, 3.05) is 32.2 Å². The molecule has 0 bridgehead atoms. The Morgan fingerprint density at radius 2 is 2.27 bits per heavy atom. The maximum Gasteiger partial charge on any atom is 0.295 e. The number of aliphatic hydroxyl groups is 1. The van der Waals surface area contributed by atoms with Crippen LogP contribution in [0.15, 0.2) is 18.2 Å². The highest BCUT2D eigenvalue weighted by Crippen LogP contribution is 2.25. The molecule has 0 saturated carbocycles. The van der Waals surface area contributed by atoms with Crippen molar-refractivity contribution >= 4 is 11.4 Å². The minimum Gasteiger partial charge on any atom is -0.490 e. The molecule has 0 amide bonds. The summed E-state index contributed by atoms with van der Waals surface area (Å²) in [7, 11) is 3.36. The van der Waals surface area contributed by atoms with Crippen LogP contribution in [-0.4, -0.2) is 32.4 Å². The molecule has 2 N–H and O–H groups in total. The molecule has 0 heterocycles. The second-order valence-electron chi connectivity index (χ2n) is 3.13. The monoisotopic (exact) mass is 211 g/mol. The van der Waals surface area contributed by atoms with E-state index >= 15 is 0 Å². The van der Waals surface area contributed by atoms with Crippen LogP contribution in [0.25, 0.3) is 0 Å². The molecule has 1 rings (SSSR count). The highest BCUT2D eigenvalue weighted by molar-refractivity contribution is 5.58. The lowest BCUT2D eigenvalue weighted by Crippen LogP contribution is -2.55. The van der Waals surface area contributed by atoms with Gasteiger partial charge in [-0.3, -0.25) is 0 Å². The Labute approximate surface area is 88.3 Å². The number of hydrogen-bond donors (Lipinski definition) is 2. The van der Waals surface area contributed by atoms with Crippen LogP contribution in [0.2, 0.25) is 0 Å². The normalized spacial score (nSPS) is 9.80. The number of likely N-dealkylation sites (N-methyl/N-ethyl adjacent to an activating group) is 1. The van der Waals surface area contributed by atoms with E-state index in [9.17, 15) is 4.91 Å². The van der Waals surface area contributed by atoms with Crippen molar-refractivity contribution in [1.29, 1.82) is 0 Å². The number of nitroso groups, excluding NO2 is 1. The van der Waals surface area contributed by atoms with E-state index < -0.39 is 0 Å². The number of anilines is 1. The summed E-state index contributed by atoms with van der Waals surface area (Å²) in [6, 6.07) is 5.18. The molecule has 1 aromatic rings. The Kier molecular flexibility index (Phi) is 4.05. The Balaban J connectivity index is 2.97. The minimum atomic E-state index is 0.0837. The van der Waals surface area contributed by atoms with E-state index in [4.69, 9.17) is 9.84 Å². The molecule has 5 heteroatoms. The van der Waals surface area contributed by atoms with E-state index in [0.29, 0.717) is 18.0 Å². The summed E-state index contributed by atoms with van der Waals surface area (Å²) in [6.45, 7) is 0.619. The molecular formula is C10H15N2O3+. The van der Waals surface area contributed by atoms with Crippen LogP contribution < -0.4 is 14.8 Å². The molecule has 82 valence electrons. The molecule has 0 aliphatic carbocycles. The third kappa shape index (κ3) is 2.66. The van der Waals surface area contributed by atoms with Gasteiger partial charge in [-0.15, -0.1) is 0 Å². The van der Waals surface area contributed by atoms with Crippen molar-refractivity contribution in [1.82, 2.24) is 0 Å². The Morgan fingerprint density at radius 1 is 1.53 bits per heavy atom. The Bertz CT molecular complexity index is 341. The number of ether oxygens (including phenoxy) is 1. The summed E-state index contributed by atoms with van der Waals surface area (Å²) in [4.78, 5) is 12.4. The second-order valence-corrected chi connectivity index (χ2v) is 3.13. The molecule has 0 aliphatic heterocycles. The average Bonchev–Trinajstić information content (AvgIpc) is 2.28. The van der Waals surface area contributed by atoms with Gasteiger partial charge in [-0.1, -0.05) is 0 Å². The van der Waals surface area contributed by atoms with Crippen molar-refractivity contribution in [3.63, 3.8) is 0 Å². The van der Waals surface area contributed by atoms with Gasteiger partial charge in [-0.25, -0.2) is 0 Å². The van der Waals surface area contributed by atoms with Gasteiger partial charge in [0.05, 0.1) is 13.7 Å². The number of rotatable bonds is 5. The molecule has 0 aromatic heterocycles. The van der Waals surface area contributed by atoms with Gasteiger partial charge in [0.2, 0.25) is 0 Å². The number of nitrogens with zero attached hydrogens (tertiary/aromatic N) is 1. The Hall–Kier alpha value is -1.62. The van der Waals surface area contributed by atoms with Crippen molar-refractivity contribution in [3.8, 4) is 5.75 Å². The summed E-state index contributed by atoms with van der Waals surface area (Å²) < 4.78 is 5.05. The van der Waals surface area contributed by atoms with Crippen LogP contribution in [-0.2, 0) is 0 Å². The molecule has 0 aliphatic rings. The number of nitrogens with one attached hydrogen (secondary N) is 1. The summed E-state index contributed by atoms with van der Waals surface area (Å²) >= 11 is 0. The summed E-state index contributed by atoms with van der Waals surface area (Å²) in [6.07, 6.45) is 0. The first-order valence-electron chi connectivity index (χ1n) is 4.61. The average molecular weight is 211 g/mol. The van der Waals surface area contributed by atoms with E-state index in [-0.39, 0.29) is 6.61 Å². The number of aliphatic hydroxyl groups excluding tert-OH is 1. The van der Waals surface area contributed by atoms with Crippen LogP contribution in [0.3, 0.4) is 0 Å². The highest BCUT2D eigenvalue weighted by Gasteiger charge is 2.11. The second kappa shape index (κ2) is 5.31. The maximum atomic E-state index is 10.5. The first-order chi connectivity index (χ1) is 7.22. The van der Waals surface area contributed by atoms with Crippen molar-refractivity contribution in [3.05, 3.63) is 23.1 Å². The molecule has 0 fully saturated rings. The standard InChI is InChI=1S/C10H14N2O3/c1-12(5-6-13)8-3-4-9(11-14)10(7-8)15-2/h3-4,7,13H,5-6H2,1-2H3/p+1. The van der Waals surface area contributed by atoms with Crippen LogP contribution >= 0.6 is 0 Å². The number of hydrogen-bond acceptors (Lipinski definition) is 4. The first-order valence-corrected chi connectivity index (χ1v) is 4.61. The number of benzene rings is 1. The van der Waals surface area contributed by atoms with Gasteiger partial charge in [0.1, 0.15) is 0 Å². The Morgan fingerprint density at radius 3 is 2.80 bits per heavy atom. The molecule has 0 spiro atoms. The van der Waals surface area contributed by atoms with E-state index in [1.54, 1.807) is 23.4 Å². The zero-order chi connectivity index (χ0) is 11.3. The fraction of sp³-hybridized carbons (Fsp3) is 0.400. The third-order valence-electron chi connectivity index (χ3n) is 2.17. The summed E-state index contributed by atoms with van der Waals surface area (Å²) in [5, 5.41) is 10.6. The topological polar surface area (TPSA) is 63.7 Å². The lowest BCUT2D eigenvalue weighted by atomic mass is 10.2. The summed E-state index contributed by atoms with van der Waals surface area (Å²) in [5.74, 6) is 0.493. The molecular weight excluding hydrogens is 196 g/mol. The minimum absolute atomic E-state index is 0.0837. The van der Waals surface area contributed by atoms with Gasteiger partial charge in [0.15, 0.2) is 5.75 Å². The first kappa shape index (κ1) is 11.5. The lowest BCUT2D eigenvalue weighted by Gasteiger charge is -2.17. The SMILES string of the molecule is COc1cc(N(C)CCO)ccc1[NH+]=O. The molecule has 0 atom stereocenters. The van der Waals surface area contributed by atoms with Crippen molar-refractivity contribution < 1.29 is 15.0 Å². The van der Waals surface area contributed by atoms with E-state index in [1.807, 2.05) is 11.9 Å². The molecule has 1 aromatic carbocycles. The highest BCUT2D eigenvalue weighted by atomic mass is 16.5. The molecule has 5 nitrogen and oxygen atoms in total. The van der Waals surface area contributed by atoms with Crippen LogP contribution in [0.4, 0.5) is 11.4 Å². The number of methoxy groups -OCH3 is 1. The molecule has 0 unspecified atom stereocenters. The fourth-order valence-electron chi connectivity index (χ4n) is 1.28. The van der Waals surface area contributed by atoms with E-state index in [2.05, 4.69) is 0 Å². The van der Waals surface area contributed by atoms with Crippen LogP contribution in [0.1, 0.15) is 0 Å². The van der Waals surface area contributed by atoms with Crippen molar-refractivity contribution in [2.45, 2.75) is 0 Å². The van der Waals surface area contributed by atoms with E-state index in [1.165, 1.54) is 7.11 Å². The smallest absolute Gasteiger partial charge is 0.295 e. The zero-order valence-corrected chi connectivity index (χ0v) is 8.86. The van der Waals surface area contributed by atoms with E-state index in [0.717, 1.165) is 5.69 Å². The third-order valence-corrected chi connectivity index (χ3v) is 2.17. The van der Waals surface area contributed by atoms with Gasteiger partial charge >= 0.3 is 0 Å². The van der Waals surface area contributed by atoms with Crippen LogP contribution in [0, 0.1) is 4.91 Å². The maximum absolute atomic E-state index is 10.5.